The molecule has 0 bridgehead atoms. The first kappa shape index (κ1) is 29.7. The van der Waals surface area contributed by atoms with E-state index in [1.807, 2.05) is 28.5 Å². The Morgan fingerprint density at radius 1 is 1.25 bits per heavy atom. The minimum atomic E-state index is -0.837. The Morgan fingerprint density at radius 3 is 2.57 bits per heavy atom. The number of carbonyl (C=O) groups is 2. The van der Waals surface area contributed by atoms with Crippen molar-refractivity contribution in [3.05, 3.63) is 0 Å². The summed E-state index contributed by atoms with van der Waals surface area (Å²) < 4.78 is 9.78. The molecule has 168 valence electrons. The molecule has 0 spiro atoms. The molecule has 1 unspecified atom stereocenters. The number of amides is 1. The quantitative estimate of drug-likeness (QED) is 0.220. The fourth-order valence-corrected chi connectivity index (χ4v) is 5.16. The van der Waals surface area contributed by atoms with Crippen LogP contribution in [0.5, 0.6) is 0 Å². The highest BCUT2D eigenvalue weighted by Gasteiger charge is 2.15. The zero-order valence-electron chi connectivity index (χ0n) is 17.0. The first-order chi connectivity index (χ1) is 13.0. The number of hydrogen-bond donors (Lipinski definition) is 3. The molecule has 8 nitrogen and oxygen atoms in total. The number of carbonyl (C=O) groups excluding carboxylic acids is 2. The molecule has 2 atom stereocenters. The third kappa shape index (κ3) is 18.8. The van der Waals surface area contributed by atoms with Gasteiger partial charge in [-0.25, -0.2) is 0 Å². The minimum Gasteiger partial charge on any atom is -0.463 e. The van der Waals surface area contributed by atoms with Crippen molar-refractivity contribution in [1.29, 1.82) is 0 Å². The summed E-state index contributed by atoms with van der Waals surface area (Å²) in [6.45, 7) is 2.59. The van der Waals surface area contributed by atoms with Crippen molar-refractivity contribution >= 4 is 33.5 Å². The summed E-state index contributed by atoms with van der Waals surface area (Å²) >= 11 is 0. The molecule has 0 aromatic heterocycles. The lowest BCUT2D eigenvalue weighted by Gasteiger charge is -2.07. The molecule has 28 heavy (non-hydrogen) atoms. The van der Waals surface area contributed by atoms with Crippen molar-refractivity contribution < 1.29 is 34.8 Å². The molecule has 1 aliphatic heterocycles. The highest BCUT2D eigenvalue weighted by molar-refractivity contribution is 8.77. The van der Waals surface area contributed by atoms with Crippen molar-refractivity contribution in [3.8, 4) is 0 Å². The van der Waals surface area contributed by atoms with Crippen LogP contribution in [0.1, 0.15) is 51.9 Å². The lowest BCUT2D eigenvalue weighted by atomic mass is 10.1. The molecule has 0 radical (unpaired) electrons. The van der Waals surface area contributed by atoms with Crippen LogP contribution in [-0.4, -0.2) is 78.1 Å². The van der Waals surface area contributed by atoms with Crippen LogP contribution in [0.2, 0.25) is 0 Å². The fourth-order valence-electron chi connectivity index (χ4n) is 2.13. The van der Waals surface area contributed by atoms with Crippen LogP contribution in [0.25, 0.3) is 0 Å². The average molecular weight is 444 g/mol. The van der Waals surface area contributed by atoms with Gasteiger partial charge in [0.15, 0.2) is 0 Å². The van der Waals surface area contributed by atoms with Crippen molar-refractivity contribution in [2.24, 2.45) is 0 Å². The summed E-state index contributed by atoms with van der Waals surface area (Å²) in [6, 6.07) is 0. The van der Waals surface area contributed by atoms with Crippen molar-refractivity contribution in [1.82, 2.24) is 5.32 Å². The number of aliphatic hydroxyl groups excluding tert-OH is 2. The van der Waals surface area contributed by atoms with Gasteiger partial charge in [-0.3, -0.25) is 9.59 Å². The second-order valence-corrected chi connectivity index (χ2v) is 8.97. The number of unbranched alkanes of at least 4 members (excludes halogenated alkanes) is 1. The van der Waals surface area contributed by atoms with Gasteiger partial charge in [-0.2, -0.15) is 0 Å². The summed E-state index contributed by atoms with van der Waals surface area (Å²) in [5, 5.41) is 20.5. The minimum absolute atomic E-state index is 0. The van der Waals surface area contributed by atoms with Crippen LogP contribution in [0, 0.1) is 0 Å². The molecule has 1 saturated heterocycles. The third-order valence-corrected chi connectivity index (χ3v) is 6.66. The largest absolute Gasteiger partial charge is 0.463 e. The first-order valence-electron chi connectivity index (χ1n) is 9.51. The van der Waals surface area contributed by atoms with Crippen molar-refractivity contribution in [2.45, 2.75) is 63.2 Å². The van der Waals surface area contributed by atoms with Gasteiger partial charge in [0.1, 0.15) is 6.61 Å². The predicted octanol–water partition coefficient (Wildman–Crippen LogP) is 1.32. The maximum atomic E-state index is 11.2. The van der Waals surface area contributed by atoms with Gasteiger partial charge in [0.25, 0.3) is 0 Å². The van der Waals surface area contributed by atoms with Crippen LogP contribution >= 0.6 is 21.6 Å². The zero-order chi connectivity index (χ0) is 20.3. The van der Waals surface area contributed by atoms with Crippen molar-refractivity contribution in [2.75, 3.05) is 39.2 Å². The van der Waals surface area contributed by atoms with Gasteiger partial charge in [-0.15, -0.1) is 0 Å². The first-order valence-corrected chi connectivity index (χ1v) is 11.9. The molecule has 1 fully saturated rings. The molecule has 5 N–H and O–H groups in total. The summed E-state index contributed by atoms with van der Waals surface area (Å²) in [5.41, 5.74) is 0. The van der Waals surface area contributed by atoms with E-state index in [9.17, 15) is 9.59 Å². The van der Waals surface area contributed by atoms with Gasteiger partial charge in [0.2, 0.25) is 5.91 Å². The lowest BCUT2D eigenvalue weighted by Crippen LogP contribution is -2.33. The Labute approximate surface area is 176 Å². The van der Waals surface area contributed by atoms with Gasteiger partial charge in [-0.05, 0) is 25.7 Å². The fraction of sp³-hybridized carbons (Fsp3) is 0.889. The molecule has 1 rings (SSSR count). The molecule has 0 aromatic rings. The van der Waals surface area contributed by atoms with E-state index in [1.54, 1.807) is 7.11 Å². The number of ether oxygens (including phenoxy) is 2. The number of hydrogen-bond acceptors (Lipinski definition) is 8. The van der Waals surface area contributed by atoms with Crippen LogP contribution in [-0.2, 0) is 19.1 Å². The molecule has 0 aliphatic carbocycles. The van der Waals surface area contributed by atoms with E-state index >= 15 is 0 Å². The molecule has 10 heteroatoms. The molecule has 0 saturated carbocycles. The zero-order valence-corrected chi connectivity index (χ0v) is 18.6. The maximum absolute atomic E-state index is 11.2. The van der Waals surface area contributed by atoms with Crippen LogP contribution in [0.15, 0.2) is 0 Å². The van der Waals surface area contributed by atoms with E-state index in [0.717, 1.165) is 24.5 Å². The van der Waals surface area contributed by atoms with E-state index in [-0.39, 0.29) is 30.5 Å². The maximum Gasteiger partial charge on any atom is 0.305 e. The lowest BCUT2D eigenvalue weighted by molar-refractivity contribution is -0.145. The van der Waals surface area contributed by atoms with Crippen LogP contribution < -0.4 is 5.32 Å². The molecular weight excluding hydrogens is 406 g/mol. The van der Waals surface area contributed by atoms with E-state index < -0.39 is 6.10 Å². The van der Waals surface area contributed by atoms with Crippen molar-refractivity contribution in [3.63, 3.8) is 0 Å². The van der Waals surface area contributed by atoms with E-state index in [1.165, 1.54) is 18.6 Å². The number of aliphatic hydroxyl groups is 2. The Bertz CT molecular complexity index is 383. The van der Waals surface area contributed by atoms with Gasteiger partial charge in [0, 0.05) is 37.5 Å². The highest BCUT2D eigenvalue weighted by atomic mass is 33.1. The smallest absolute Gasteiger partial charge is 0.305 e. The summed E-state index contributed by atoms with van der Waals surface area (Å²) in [5.74, 6) is 1.11. The third-order valence-electron chi connectivity index (χ3n) is 3.66. The van der Waals surface area contributed by atoms with Crippen LogP contribution in [0.3, 0.4) is 0 Å². The number of nitrogens with one attached hydrogen (secondary N) is 1. The molecule has 0 aromatic carbocycles. The Balaban J connectivity index is 0. The van der Waals surface area contributed by atoms with Gasteiger partial charge in [0.05, 0.1) is 19.3 Å². The van der Waals surface area contributed by atoms with Crippen LogP contribution in [0.4, 0.5) is 0 Å². The topological polar surface area (TPSA) is 137 Å². The monoisotopic (exact) mass is 443 g/mol. The molecule has 1 amide bonds. The highest BCUT2D eigenvalue weighted by Crippen LogP contribution is 2.39. The number of esters is 1. The second-order valence-electron chi connectivity index (χ2n) is 6.18. The summed E-state index contributed by atoms with van der Waals surface area (Å²) in [7, 11) is 5.58. The number of methoxy groups -OCH3 is 1. The summed E-state index contributed by atoms with van der Waals surface area (Å²) in [6.07, 6.45) is 5.63. The predicted molar refractivity (Wildman–Crippen MR) is 114 cm³/mol. The Kier molecular flexibility index (Phi) is 22.5. The Hall–Kier alpha value is -0.520. The molecular formula is C18H37NO7S2. The Morgan fingerprint density at radius 2 is 2.00 bits per heavy atom. The van der Waals surface area contributed by atoms with E-state index in [2.05, 4.69) is 5.32 Å². The van der Waals surface area contributed by atoms with Gasteiger partial charge >= 0.3 is 5.97 Å². The van der Waals surface area contributed by atoms with Gasteiger partial charge in [-0.1, -0.05) is 34.9 Å². The second kappa shape index (κ2) is 21.2. The van der Waals surface area contributed by atoms with Gasteiger partial charge < -0.3 is 30.5 Å². The number of rotatable bonds is 13. The van der Waals surface area contributed by atoms with E-state index in [0.29, 0.717) is 26.1 Å². The molecule has 1 aliphatic rings. The molecule has 1 heterocycles. The van der Waals surface area contributed by atoms with E-state index in [4.69, 9.17) is 19.7 Å². The normalized spacial score (nSPS) is 16.4. The average Bonchev–Trinajstić information content (AvgIpc) is 3.18. The SMILES string of the molecule is CCCC(=O)NC[C@@H](O)CO.COCCOC(=O)CCCCC1CCSS1.O. The standard InChI is InChI=1S/C11H20O3S2.C7H15NO3.H2O/c1-13-7-8-14-11(12)5-3-2-4-10-6-9-15-16-10;1-2-3-7(11)8-4-6(10)5-9;/h10H,2-9H2,1H3;6,9-10H,2-5H2,1H3,(H,8,11);1H2/t;6-;/m.1./s1. The summed E-state index contributed by atoms with van der Waals surface area (Å²) in [4.78, 5) is 22.0.